The highest BCUT2D eigenvalue weighted by Crippen LogP contribution is 2.39. The molecule has 1 amide bonds. The SMILES string of the molecule is COc1cc(/C=C(\C#N)C(=O)Nc2ccc(C)cc2)cc(Br)c1OS(=O)(=O)c1ccc(C)cc1. The van der Waals surface area contributed by atoms with Gasteiger partial charge in [-0.1, -0.05) is 35.4 Å². The first kappa shape index (κ1) is 25.0. The molecule has 0 fully saturated rings. The minimum atomic E-state index is -4.12. The number of methoxy groups -OCH3 is 1. The lowest BCUT2D eigenvalue weighted by Crippen LogP contribution is -2.13. The largest absolute Gasteiger partial charge is 0.493 e. The molecule has 0 bridgehead atoms. The zero-order valence-electron chi connectivity index (χ0n) is 18.6. The second-order valence-electron chi connectivity index (χ2n) is 7.37. The number of amides is 1. The Balaban J connectivity index is 1.90. The van der Waals surface area contributed by atoms with Crippen molar-refractivity contribution in [3.05, 3.63) is 87.4 Å². The van der Waals surface area contributed by atoms with E-state index < -0.39 is 16.0 Å². The lowest BCUT2D eigenvalue weighted by Gasteiger charge is -2.14. The summed E-state index contributed by atoms with van der Waals surface area (Å²) in [6.45, 7) is 3.77. The molecule has 0 aliphatic heterocycles. The van der Waals surface area contributed by atoms with Gasteiger partial charge in [-0.15, -0.1) is 0 Å². The van der Waals surface area contributed by atoms with E-state index >= 15 is 0 Å². The van der Waals surface area contributed by atoms with Gasteiger partial charge in [0.05, 0.1) is 11.6 Å². The molecule has 0 saturated heterocycles. The number of carbonyl (C=O) groups is 1. The normalized spacial score (nSPS) is 11.4. The summed E-state index contributed by atoms with van der Waals surface area (Å²) in [7, 11) is -2.76. The highest BCUT2D eigenvalue weighted by Gasteiger charge is 2.22. The van der Waals surface area contributed by atoms with E-state index in [1.165, 1.54) is 37.5 Å². The fourth-order valence-corrected chi connectivity index (χ4v) is 4.52. The molecule has 0 spiro atoms. The van der Waals surface area contributed by atoms with Crippen LogP contribution in [0.5, 0.6) is 11.5 Å². The summed E-state index contributed by atoms with van der Waals surface area (Å²) in [4.78, 5) is 12.6. The minimum absolute atomic E-state index is 0.00410. The minimum Gasteiger partial charge on any atom is -0.493 e. The van der Waals surface area contributed by atoms with Crippen LogP contribution in [0, 0.1) is 25.2 Å². The highest BCUT2D eigenvalue weighted by atomic mass is 79.9. The fraction of sp³-hybridized carbons (Fsp3) is 0.120. The van der Waals surface area contributed by atoms with Crippen molar-refractivity contribution >= 4 is 43.7 Å². The molecule has 0 saturated carbocycles. The lowest BCUT2D eigenvalue weighted by molar-refractivity contribution is -0.112. The van der Waals surface area contributed by atoms with E-state index in [0.29, 0.717) is 11.3 Å². The van der Waals surface area contributed by atoms with Crippen LogP contribution in [0.2, 0.25) is 0 Å². The molecule has 0 atom stereocenters. The van der Waals surface area contributed by atoms with E-state index in [2.05, 4.69) is 21.2 Å². The predicted octanol–water partition coefficient (Wildman–Crippen LogP) is 5.39. The Bertz CT molecular complexity index is 1390. The standard InChI is InChI=1S/C25H21BrN2O5S/c1-16-4-8-20(9-5-16)28-25(29)19(15-27)12-18-13-22(26)24(23(14-18)32-3)33-34(30,31)21-10-6-17(2)7-11-21/h4-14H,1-3H3,(H,28,29)/b19-12+. The van der Waals surface area contributed by atoms with Crippen LogP contribution in [0.1, 0.15) is 16.7 Å². The van der Waals surface area contributed by atoms with Gasteiger partial charge in [0, 0.05) is 5.69 Å². The number of rotatable bonds is 7. The number of nitrogens with zero attached hydrogens (tertiary/aromatic N) is 1. The molecular weight excluding hydrogens is 520 g/mol. The van der Waals surface area contributed by atoms with Crippen LogP contribution in [0.3, 0.4) is 0 Å². The molecule has 9 heteroatoms. The molecule has 0 aromatic heterocycles. The van der Waals surface area contributed by atoms with Crippen molar-refractivity contribution in [1.82, 2.24) is 0 Å². The Hall–Kier alpha value is -3.61. The van der Waals surface area contributed by atoms with Crippen LogP contribution in [0.25, 0.3) is 6.08 Å². The van der Waals surface area contributed by atoms with Crippen molar-refractivity contribution in [2.24, 2.45) is 0 Å². The maximum atomic E-state index is 12.7. The van der Waals surface area contributed by atoms with Crippen molar-refractivity contribution in [1.29, 1.82) is 5.26 Å². The summed E-state index contributed by atoms with van der Waals surface area (Å²) in [5, 5.41) is 12.2. The van der Waals surface area contributed by atoms with Gasteiger partial charge in [0.25, 0.3) is 5.91 Å². The molecule has 34 heavy (non-hydrogen) atoms. The van der Waals surface area contributed by atoms with Gasteiger partial charge in [-0.3, -0.25) is 4.79 Å². The van der Waals surface area contributed by atoms with Gasteiger partial charge in [0.1, 0.15) is 16.5 Å². The Morgan fingerprint density at radius 3 is 2.18 bits per heavy atom. The van der Waals surface area contributed by atoms with Gasteiger partial charge in [-0.25, -0.2) is 0 Å². The van der Waals surface area contributed by atoms with Crippen LogP contribution in [0.15, 0.2) is 75.6 Å². The number of hydrogen-bond donors (Lipinski definition) is 1. The molecule has 0 heterocycles. The topological polar surface area (TPSA) is 105 Å². The molecule has 0 aliphatic carbocycles. The molecule has 3 aromatic rings. The Labute approximate surface area is 206 Å². The van der Waals surface area contributed by atoms with Crippen LogP contribution in [-0.4, -0.2) is 21.4 Å². The summed E-state index contributed by atoms with van der Waals surface area (Å²) in [5.41, 5.74) is 2.79. The Morgan fingerprint density at radius 1 is 1.03 bits per heavy atom. The summed E-state index contributed by atoms with van der Waals surface area (Å²) < 4.78 is 36.4. The van der Waals surface area contributed by atoms with E-state index in [1.54, 1.807) is 24.3 Å². The number of anilines is 1. The summed E-state index contributed by atoms with van der Waals surface area (Å²) >= 11 is 3.30. The molecule has 3 aromatic carbocycles. The number of ether oxygens (including phenoxy) is 1. The van der Waals surface area contributed by atoms with Crippen molar-refractivity contribution in [3.63, 3.8) is 0 Å². The Morgan fingerprint density at radius 2 is 1.62 bits per heavy atom. The third-order valence-electron chi connectivity index (χ3n) is 4.74. The van der Waals surface area contributed by atoms with E-state index in [-0.39, 0.29) is 26.4 Å². The number of benzene rings is 3. The van der Waals surface area contributed by atoms with E-state index in [1.807, 2.05) is 32.0 Å². The van der Waals surface area contributed by atoms with Crippen LogP contribution in [-0.2, 0) is 14.9 Å². The monoisotopic (exact) mass is 540 g/mol. The van der Waals surface area contributed by atoms with Gasteiger partial charge < -0.3 is 14.2 Å². The van der Waals surface area contributed by atoms with Crippen LogP contribution < -0.4 is 14.2 Å². The van der Waals surface area contributed by atoms with Gasteiger partial charge >= 0.3 is 10.1 Å². The maximum absolute atomic E-state index is 12.7. The summed E-state index contributed by atoms with van der Waals surface area (Å²) in [6, 6.07) is 18.3. The zero-order valence-corrected chi connectivity index (χ0v) is 21.0. The maximum Gasteiger partial charge on any atom is 0.339 e. The lowest BCUT2D eigenvalue weighted by atomic mass is 10.1. The van der Waals surface area contributed by atoms with Crippen molar-refractivity contribution in [2.75, 3.05) is 12.4 Å². The molecule has 174 valence electrons. The smallest absolute Gasteiger partial charge is 0.339 e. The average molecular weight is 541 g/mol. The predicted molar refractivity (Wildman–Crippen MR) is 133 cm³/mol. The van der Waals surface area contributed by atoms with Crippen LogP contribution in [0.4, 0.5) is 5.69 Å². The number of nitrogens with one attached hydrogen (secondary N) is 1. The van der Waals surface area contributed by atoms with Crippen molar-refractivity contribution < 1.29 is 22.1 Å². The number of aryl methyl sites for hydroxylation is 2. The van der Waals surface area contributed by atoms with Gasteiger partial charge in [-0.2, -0.15) is 13.7 Å². The first-order chi connectivity index (χ1) is 16.1. The third-order valence-corrected chi connectivity index (χ3v) is 6.56. The zero-order chi connectivity index (χ0) is 24.9. The summed E-state index contributed by atoms with van der Waals surface area (Å²) in [6.07, 6.45) is 1.37. The molecular formula is C25H21BrN2O5S. The molecule has 0 unspecified atom stereocenters. The number of carbonyl (C=O) groups excluding carboxylic acids is 1. The second-order valence-corrected chi connectivity index (χ2v) is 9.78. The van der Waals surface area contributed by atoms with Gasteiger partial charge in [0.15, 0.2) is 11.5 Å². The second kappa shape index (κ2) is 10.5. The van der Waals surface area contributed by atoms with Crippen molar-refractivity contribution in [2.45, 2.75) is 18.7 Å². The highest BCUT2D eigenvalue weighted by molar-refractivity contribution is 9.10. The quantitative estimate of drug-likeness (QED) is 0.244. The molecule has 7 nitrogen and oxygen atoms in total. The van der Waals surface area contributed by atoms with Crippen LogP contribution >= 0.6 is 15.9 Å². The van der Waals surface area contributed by atoms with E-state index in [9.17, 15) is 18.5 Å². The molecule has 0 aliphatic rings. The number of halogens is 1. The molecule has 1 N–H and O–H groups in total. The van der Waals surface area contributed by atoms with Crippen molar-refractivity contribution in [3.8, 4) is 17.6 Å². The Kier molecular flexibility index (Phi) is 7.76. The third kappa shape index (κ3) is 6.04. The van der Waals surface area contributed by atoms with Gasteiger partial charge in [0.2, 0.25) is 0 Å². The summed E-state index contributed by atoms with van der Waals surface area (Å²) in [5.74, 6) is -0.529. The van der Waals surface area contributed by atoms with Gasteiger partial charge in [-0.05, 0) is 77.8 Å². The first-order valence-corrected chi connectivity index (χ1v) is 12.2. The fourth-order valence-electron chi connectivity index (χ4n) is 2.92. The van der Waals surface area contributed by atoms with E-state index in [0.717, 1.165) is 11.1 Å². The average Bonchev–Trinajstić information content (AvgIpc) is 2.80. The first-order valence-electron chi connectivity index (χ1n) is 10.0. The molecule has 0 radical (unpaired) electrons. The van der Waals surface area contributed by atoms with E-state index in [4.69, 9.17) is 8.92 Å². The number of hydrogen-bond acceptors (Lipinski definition) is 6. The number of nitriles is 1. The molecule has 3 rings (SSSR count).